The fraction of sp³-hybridized carbons (Fsp3) is 0.111. The summed E-state index contributed by atoms with van der Waals surface area (Å²) in [6.07, 6.45) is 0. The first-order valence-electron chi connectivity index (χ1n) is 4.63. The molecular formula is C9H7BrClN3O2S2. The first kappa shape index (κ1) is 13.7. The van der Waals surface area contributed by atoms with Crippen LogP contribution in [0.2, 0.25) is 5.02 Å². The Kier molecular flexibility index (Phi) is 3.90. The van der Waals surface area contributed by atoms with E-state index in [1.807, 2.05) is 0 Å². The van der Waals surface area contributed by atoms with E-state index in [9.17, 15) is 8.42 Å². The zero-order valence-electron chi connectivity index (χ0n) is 9.04. The van der Waals surface area contributed by atoms with Gasteiger partial charge in [0.05, 0.1) is 5.02 Å². The number of nitrogens with zero attached hydrogens (tertiary/aromatic N) is 3. The lowest BCUT2D eigenvalue weighted by atomic mass is 10.4. The normalized spacial score (nSPS) is 11.5. The lowest BCUT2D eigenvalue weighted by Crippen LogP contribution is -2.26. The van der Waals surface area contributed by atoms with E-state index >= 15 is 0 Å². The number of anilines is 1. The second-order valence-electron chi connectivity index (χ2n) is 3.25. The van der Waals surface area contributed by atoms with Crippen LogP contribution in [0.1, 0.15) is 0 Å². The van der Waals surface area contributed by atoms with Crippen molar-refractivity contribution < 1.29 is 8.42 Å². The number of halogens is 2. The summed E-state index contributed by atoms with van der Waals surface area (Å²) in [6, 6.07) is 4.73. The van der Waals surface area contributed by atoms with E-state index < -0.39 is 10.0 Å². The van der Waals surface area contributed by atoms with Crippen molar-refractivity contribution in [1.29, 1.82) is 0 Å². The third kappa shape index (κ3) is 2.37. The van der Waals surface area contributed by atoms with Gasteiger partial charge in [-0.15, -0.1) is 10.2 Å². The Morgan fingerprint density at radius 3 is 2.78 bits per heavy atom. The molecule has 0 spiro atoms. The van der Waals surface area contributed by atoms with E-state index in [4.69, 9.17) is 11.6 Å². The van der Waals surface area contributed by atoms with Gasteiger partial charge in [0.25, 0.3) is 10.0 Å². The smallest absolute Gasteiger partial charge is 0.243 e. The molecule has 1 aromatic carbocycles. The van der Waals surface area contributed by atoms with Crippen molar-refractivity contribution in [2.24, 2.45) is 0 Å². The average molecular weight is 369 g/mol. The quantitative estimate of drug-likeness (QED) is 0.835. The summed E-state index contributed by atoms with van der Waals surface area (Å²) in [4.78, 5) is 0.0243. The van der Waals surface area contributed by atoms with Gasteiger partial charge in [0.15, 0.2) is 0 Å². The van der Waals surface area contributed by atoms with Gasteiger partial charge in [0.2, 0.25) is 5.13 Å². The van der Waals surface area contributed by atoms with Crippen LogP contribution >= 0.6 is 38.9 Å². The highest BCUT2D eigenvalue weighted by molar-refractivity contribution is 9.10. The summed E-state index contributed by atoms with van der Waals surface area (Å²) in [5, 5.41) is 7.76. The maximum atomic E-state index is 12.4. The SMILES string of the molecule is CN(c1nncs1)S(=O)(=O)c1cccc(Br)c1Cl. The number of benzene rings is 1. The number of rotatable bonds is 3. The number of aromatic nitrogens is 2. The van der Waals surface area contributed by atoms with E-state index in [0.29, 0.717) is 4.47 Å². The molecule has 1 heterocycles. The van der Waals surface area contributed by atoms with Crippen molar-refractivity contribution in [3.05, 3.63) is 33.2 Å². The summed E-state index contributed by atoms with van der Waals surface area (Å²) in [6.45, 7) is 0. The van der Waals surface area contributed by atoms with E-state index in [-0.39, 0.29) is 15.0 Å². The lowest BCUT2D eigenvalue weighted by molar-refractivity contribution is 0.594. The van der Waals surface area contributed by atoms with Crippen LogP contribution in [0.4, 0.5) is 5.13 Å². The van der Waals surface area contributed by atoms with Crippen LogP contribution < -0.4 is 4.31 Å². The molecule has 0 saturated heterocycles. The molecule has 2 rings (SSSR count). The van der Waals surface area contributed by atoms with Crippen LogP contribution in [0, 0.1) is 0 Å². The van der Waals surface area contributed by atoms with Gasteiger partial charge in [-0.1, -0.05) is 29.0 Å². The van der Waals surface area contributed by atoms with Gasteiger partial charge in [-0.05, 0) is 28.1 Å². The second kappa shape index (κ2) is 5.12. The highest BCUT2D eigenvalue weighted by Gasteiger charge is 2.26. The van der Waals surface area contributed by atoms with Crippen molar-refractivity contribution in [3.63, 3.8) is 0 Å². The monoisotopic (exact) mass is 367 g/mol. The first-order valence-corrected chi connectivity index (χ1v) is 8.13. The molecule has 9 heteroatoms. The molecule has 2 aromatic rings. The fourth-order valence-corrected chi connectivity index (χ4v) is 4.13. The van der Waals surface area contributed by atoms with Crippen molar-refractivity contribution in [2.45, 2.75) is 4.90 Å². The largest absolute Gasteiger partial charge is 0.267 e. The van der Waals surface area contributed by atoms with E-state index in [0.717, 1.165) is 15.6 Å². The molecule has 0 aliphatic rings. The Morgan fingerprint density at radius 2 is 2.17 bits per heavy atom. The maximum absolute atomic E-state index is 12.4. The highest BCUT2D eigenvalue weighted by atomic mass is 79.9. The number of sulfonamides is 1. The van der Waals surface area contributed by atoms with Gasteiger partial charge >= 0.3 is 0 Å². The fourth-order valence-electron chi connectivity index (χ4n) is 1.24. The van der Waals surface area contributed by atoms with E-state index in [2.05, 4.69) is 26.1 Å². The summed E-state index contributed by atoms with van der Waals surface area (Å²) in [5.74, 6) is 0. The van der Waals surface area contributed by atoms with Gasteiger partial charge in [0, 0.05) is 11.5 Å². The molecule has 0 atom stereocenters. The molecule has 0 saturated carbocycles. The van der Waals surface area contributed by atoms with Crippen LogP contribution in [0.25, 0.3) is 0 Å². The number of hydrogen-bond acceptors (Lipinski definition) is 5. The first-order chi connectivity index (χ1) is 8.44. The zero-order chi connectivity index (χ0) is 13.3. The van der Waals surface area contributed by atoms with Crippen LogP contribution in [0.5, 0.6) is 0 Å². The van der Waals surface area contributed by atoms with Gasteiger partial charge in [-0.3, -0.25) is 0 Å². The van der Waals surface area contributed by atoms with Crippen molar-refractivity contribution in [3.8, 4) is 0 Å². The van der Waals surface area contributed by atoms with E-state index in [1.54, 1.807) is 12.1 Å². The molecular weight excluding hydrogens is 362 g/mol. The Labute approximate surface area is 122 Å². The number of hydrogen-bond donors (Lipinski definition) is 0. The van der Waals surface area contributed by atoms with Gasteiger partial charge in [-0.25, -0.2) is 12.7 Å². The average Bonchev–Trinajstić information content (AvgIpc) is 2.85. The standard InChI is InChI=1S/C9H7BrClN3O2S2/c1-14(9-13-12-5-17-9)18(15,16)7-4-2-3-6(10)8(7)11/h2-5H,1H3. The molecule has 0 aliphatic heterocycles. The Bertz CT molecular complexity index is 660. The summed E-state index contributed by atoms with van der Waals surface area (Å²) < 4.78 is 26.3. The van der Waals surface area contributed by atoms with Crippen molar-refractivity contribution in [1.82, 2.24) is 10.2 Å². The van der Waals surface area contributed by atoms with Crippen LogP contribution in [-0.2, 0) is 10.0 Å². The van der Waals surface area contributed by atoms with Crippen LogP contribution in [0.3, 0.4) is 0 Å². The predicted molar refractivity (Wildman–Crippen MR) is 74.6 cm³/mol. The third-order valence-electron chi connectivity index (χ3n) is 2.17. The molecule has 0 radical (unpaired) electrons. The summed E-state index contributed by atoms with van der Waals surface area (Å²) in [5.41, 5.74) is 1.46. The Balaban J connectivity index is 2.52. The Hall–Kier alpha value is -0.700. The van der Waals surface area contributed by atoms with Crippen molar-refractivity contribution in [2.75, 3.05) is 11.4 Å². The molecule has 0 bridgehead atoms. The molecule has 5 nitrogen and oxygen atoms in total. The molecule has 0 aliphatic carbocycles. The van der Waals surface area contributed by atoms with Crippen molar-refractivity contribution >= 4 is 54.0 Å². The topological polar surface area (TPSA) is 63.2 Å². The minimum atomic E-state index is -3.74. The molecule has 0 N–H and O–H groups in total. The summed E-state index contributed by atoms with van der Waals surface area (Å²) in [7, 11) is -2.33. The highest BCUT2D eigenvalue weighted by Crippen LogP contribution is 2.32. The molecule has 0 fully saturated rings. The Morgan fingerprint density at radius 1 is 1.44 bits per heavy atom. The molecule has 0 unspecified atom stereocenters. The summed E-state index contributed by atoms with van der Waals surface area (Å²) >= 11 is 10.3. The molecule has 1 aromatic heterocycles. The maximum Gasteiger partial charge on any atom is 0.267 e. The van der Waals surface area contributed by atoms with Gasteiger partial charge in [0.1, 0.15) is 10.4 Å². The second-order valence-corrected chi connectivity index (χ2v) is 7.23. The van der Waals surface area contributed by atoms with Gasteiger partial charge < -0.3 is 0 Å². The third-order valence-corrected chi connectivity index (χ3v) is 6.25. The van der Waals surface area contributed by atoms with E-state index in [1.165, 1.54) is 18.6 Å². The molecule has 0 amide bonds. The molecule has 96 valence electrons. The van der Waals surface area contributed by atoms with Crippen LogP contribution in [0.15, 0.2) is 33.1 Å². The zero-order valence-corrected chi connectivity index (χ0v) is 13.0. The lowest BCUT2D eigenvalue weighted by Gasteiger charge is -2.16. The minimum Gasteiger partial charge on any atom is -0.243 e. The minimum absolute atomic E-state index is 0.0243. The predicted octanol–water partition coefficient (Wildman–Crippen LogP) is 2.78. The van der Waals surface area contributed by atoms with Gasteiger partial charge in [-0.2, -0.15) is 0 Å². The molecule has 18 heavy (non-hydrogen) atoms. The van der Waals surface area contributed by atoms with Crippen LogP contribution in [-0.4, -0.2) is 25.7 Å².